The molecule has 0 bridgehead atoms. The molecule has 1 aromatic heterocycles. The van der Waals surface area contributed by atoms with Crippen molar-refractivity contribution >= 4 is 5.69 Å². The van der Waals surface area contributed by atoms with Crippen LogP contribution in [0.25, 0.3) is 0 Å². The highest BCUT2D eigenvalue weighted by molar-refractivity contribution is 5.56. The number of hydrogen-bond acceptors (Lipinski definition) is 4. The fourth-order valence-corrected chi connectivity index (χ4v) is 1.48. The minimum Gasteiger partial charge on any atom is -0.495 e. The summed E-state index contributed by atoms with van der Waals surface area (Å²) in [5.41, 5.74) is 7.33. The molecule has 2 aromatic rings. The Kier molecular flexibility index (Phi) is 3.14. The van der Waals surface area contributed by atoms with E-state index < -0.39 is 0 Å². The van der Waals surface area contributed by atoms with Crippen molar-refractivity contribution in [3.8, 4) is 17.2 Å². The third kappa shape index (κ3) is 2.47. The van der Waals surface area contributed by atoms with E-state index in [0.29, 0.717) is 17.2 Å². The lowest BCUT2D eigenvalue weighted by molar-refractivity contribution is 0.415. The third-order valence-corrected chi connectivity index (χ3v) is 2.40. The summed E-state index contributed by atoms with van der Waals surface area (Å²) in [5, 5.41) is 0. The molecule has 0 saturated heterocycles. The number of anilines is 1. The lowest BCUT2D eigenvalue weighted by Gasteiger charge is -2.10. The minimum atomic E-state index is 0.553. The Hall–Kier alpha value is -2.23. The van der Waals surface area contributed by atoms with Crippen LogP contribution in [-0.2, 0) is 0 Å². The van der Waals surface area contributed by atoms with Gasteiger partial charge >= 0.3 is 0 Å². The van der Waals surface area contributed by atoms with Crippen LogP contribution in [0.3, 0.4) is 0 Å². The Bertz CT molecular complexity index is 527. The summed E-state index contributed by atoms with van der Waals surface area (Å²) in [5.74, 6) is 2.09. The fraction of sp³-hybridized carbons (Fsp3) is 0.154. The SMILES string of the molecule is COc1ccc(Oc2ccncc2C)cc1N. The molecule has 2 N–H and O–H groups in total. The smallest absolute Gasteiger partial charge is 0.142 e. The van der Waals surface area contributed by atoms with E-state index in [2.05, 4.69) is 4.98 Å². The van der Waals surface area contributed by atoms with Gasteiger partial charge in [0.15, 0.2) is 0 Å². The Morgan fingerprint density at radius 2 is 2.00 bits per heavy atom. The van der Waals surface area contributed by atoms with Crippen molar-refractivity contribution < 1.29 is 9.47 Å². The van der Waals surface area contributed by atoms with Crippen LogP contribution in [0.4, 0.5) is 5.69 Å². The number of ether oxygens (including phenoxy) is 2. The molecule has 0 saturated carbocycles. The zero-order valence-corrected chi connectivity index (χ0v) is 9.81. The number of nitrogen functional groups attached to an aromatic ring is 1. The van der Waals surface area contributed by atoms with Crippen LogP contribution in [0.2, 0.25) is 0 Å². The predicted molar refractivity (Wildman–Crippen MR) is 66.5 cm³/mol. The number of rotatable bonds is 3. The summed E-state index contributed by atoms with van der Waals surface area (Å²) >= 11 is 0. The number of aromatic nitrogens is 1. The standard InChI is InChI=1S/C13H14N2O2/c1-9-8-15-6-5-12(9)17-10-3-4-13(16-2)11(14)7-10/h3-8H,14H2,1-2H3. The van der Waals surface area contributed by atoms with Gasteiger partial charge in [-0.1, -0.05) is 0 Å². The Labute approximate surface area is 100 Å². The van der Waals surface area contributed by atoms with Gasteiger partial charge in [0.05, 0.1) is 12.8 Å². The fourth-order valence-electron chi connectivity index (χ4n) is 1.48. The molecule has 0 aliphatic heterocycles. The van der Waals surface area contributed by atoms with E-state index in [4.69, 9.17) is 15.2 Å². The largest absolute Gasteiger partial charge is 0.495 e. The minimum absolute atomic E-state index is 0.553. The zero-order valence-electron chi connectivity index (χ0n) is 9.81. The van der Waals surface area contributed by atoms with E-state index in [-0.39, 0.29) is 0 Å². The molecule has 17 heavy (non-hydrogen) atoms. The van der Waals surface area contributed by atoms with Gasteiger partial charge < -0.3 is 15.2 Å². The van der Waals surface area contributed by atoms with Gasteiger partial charge in [0.25, 0.3) is 0 Å². The summed E-state index contributed by atoms with van der Waals surface area (Å²) in [6.07, 6.45) is 3.44. The maximum absolute atomic E-state index is 5.81. The van der Waals surface area contributed by atoms with E-state index >= 15 is 0 Å². The lowest BCUT2D eigenvalue weighted by atomic mass is 10.2. The first kappa shape index (κ1) is 11.3. The highest BCUT2D eigenvalue weighted by atomic mass is 16.5. The summed E-state index contributed by atoms with van der Waals surface area (Å²) in [4.78, 5) is 4.01. The first-order valence-corrected chi connectivity index (χ1v) is 5.22. The molecule has 0 aliphatic rings. The number of nitrogens with zero attached hydrogens (tertiary/aromatic N) is 1. The van der Waals surface area contributed by atoms with Gasteiger partial charge in [0.1, 0.15) is 17.2 Å². The second-order valence-electron chi connectivity index (χ2n) is 3.65. The average molecular weight is 230 g/mol. The molecule has 0 atom stereocenters. The number of methoxy groups -OCH3 is 1. The Morgan fingerprint density at radius 1 is 1.18 bits per heavy atom. The number of hydrogen-bond donors (Lipinski definition) is 1. The van der Waals surface area contributed by atoms with Crippen LogP contribution < -0.4 is 15.2 Å². The molecule has 0 aliphatic carbocycles. The lowest BCUT2D eigenvalue weighted by Crippen LogP contribution is -1.94. The van der Waals surface area contributed by atoms with Gasteiger partial charge in [0, 0.05) is 24.0 Å². The zero-order chi connectivity index (χ0) is 12.3. The Morgan fingerprint density at radius 3 is 2.65 bits per heavy atom. The topological polar surface area (TPSA) is 57.4 Å². The summed E-state index contributed by atoms with van der Waals surface area (Å²) in [6.45, 7) is 1.94. The first-order valence-electron chi connectivity index (χ1n) is 5.22. The van der Waals surface area contributed by atoms with Crippen LogP contribution in [0, 0.1) is 6.92 Å². The maximum atomic E-state index is 5.81. The van der Waals surface area contributed by atoms with E-state index in [1.807, 2.05) is 19.1 Å². The van der Waals surface area contributed by atoms with Crippen molar-refractivity contribution in [3.63, 3.8) is 0 Å². The molecule has 0 unspecified atom stereocenters. The quantitative estimate of drug-likeness (QED) is 0.824. The van der Waals surface area contributed by atoms with E-state index in [0.717, 1.165) is 11.3 Å². The van der Waals surface area contributed by atoms with Gasteiger partial charge in [-0.15, -0.1) is 0 Å². The van der Waals surface area contributed by atoms with Crippen LogP contribution in [0.5, 0.6) is 17.2 Å². The van der Waals surface area contributed by atoms with Gasteiger partial charge in [-0.25, -0.2) is 0 Å². The average Bonchev–Trinajstić information content (AvgIpc) is 2.32. The number of aryl methyl sites for hydroxylation is 1. The third-order valence-electron chi connectivity index (χ3n) is 2.40. The second-order valence-corrected chi connectivity index (χ2v) is 3.65. The predicted octanol–water partition coefficient (Wildman–Crippen LogP) is 2.77. The van der Waals surface area contributed by atoms with Crippen molar-refractivity contribution in [1.29, 1.82) is 0 Å². The summed E-state index contributed by atoms with van der Waals surface area (Å²) in [7, 11) is 1.58. The van der Waals surface area contributed by atoms with Crippen molar-refractivity contribution in [1.82, 2.24) is 4.98 Å². The monoisotopic (exact) mass is 230 g/mol. The highest BCUT2D eigenvalue weighted by Crippen LogP contribution is 2.30. The van der Waals surface area contributed by atoms with Crippen molar-refractivity contribution in [3.05, 3.63) is 42.2 Å². The van der Waals surface area contributed by atoms with E-state index in [1.54, 1.807) is 31.6 Å². The summed E-state index contributed by atoms with van der Waals surface area (Å²) in [6, 6.07) is 7.14. The molecule has 0 radical (unpaired) electrons. The molecule has 2 rings (SSSR count). The van der Waals surface area contributed by atoms with Crippen molar-refractivity contribution in [2.75, 3.05) is 12.8 Å². The van der Waals surface area contributed by atoms with Crippen LogP contribution in [-0.4, -0.2) is 12.1 Å². The van der Waals surface area contributed by atoms with Crippen molar-refractivity contribution in [2.45, 2.75) is 6.92 Å². The van der Waals surface area contributed by atoms with Gasteiger partial charge in [-0.3, -0.25) is 4.98 Å². The molecule has 0 amide bonds. The first-order chi connectivity index (χ1) is 8.20. The van der Waals surface area contributed by atoms with Crippen LogP contribution in [0.15, 0.2) is 36.7 Å². The van der Waals surface area contributed by atoms with Gasteiger partial charge in [0.2, 0.25) is 0 Å². The van der Waals surface area contributed by atoms with E-state index in [9.17, 15) is 0 Å². The molecule has 1 aromatic carbocycles. The molecule has 0 spiro atoms. The van der Waals surface area contributed by atoms with E-state index in [1.165, 1.54) is 0 Å². The van der Waals surface area contributed by atoms with Crippen LogP contribution >= 0.6 is 0 Å². The molecular weight excluding hydrogens is 216 g/mol. The van der Waals surface area contributed by atoms with Gasteiger partial charge in [-0.2, -0.15) is 0 Å². The molecule has 1 heterocycles. The molecule has 4 heteroatoms. The number of nitrogens with two attached hydrogens (primary N) is 1. The molecule has 0 fully saturated rings. The summed E-state index contributed by atoms with van der Waals surface area (Å²) < 4.78 is 10.8. The normalized spacial score (nSPS) is 10.0. The molecular formula is C13H14N2O2. The maximum Gasteiger partial charge on any atom is 0.142 e. The molecule has 4 nitrogen and oxygen atoms in total. The van der Waals surface area contributed by atoms with Crippen molar-refractivity contribution in [2.24, 2.45) is 0 Å². The molecule has 88 valence electrons. The Balaban J connectivity index is 2.25. The second kappa shape index (κ2) is 4.74. The van der Waals surface area contributed by atoms with Crippen LogP contribution in [0.1, 0.15) is 5.56 Å². The number of pyridine rings is 1. The number of benzene rings is 1. The highest BCUT2D eigenvalue weighted by Gasteiger charge is 2.04. The van der Waals surface area contributed by atoms with Gasteiger partial charge in [-0.05, 0) is 25.1 Å².